The van der Waals surface area contributed by atoms with Gasteiger partial charge in [0, 0.05) is 17.8 Å². The molecular formula is C19H16N2O. The molecule has 1 heterocycles. The first-order valence-corrected chi connectivity index (χ1v) is 7.48. The minimum Gasteiger partial charge on any atom is -0.436 e. The number of benzene rings is 3. The van der Waals surface area contributed by atoms with Crippen LogP contribution in [0.5, 0.6) is 0 Å². The molecule has 0 bridgehead atoms. The van der Waals surface area contributed by atoms with Crippen molar-refractivity contribution < 1.29 is 4.42 Å². The predicted octanol–water partition coefficient (Wildman–Crippen LogP) is 5.08. The highest BCUT2D eigenvalue weighted by Gasteiger charge is 2.11. The summed E-state index contributed by atoms with van der Waals surface area (Å²) >= 11 is 0. The smallest absolute Gasteiger partial charge is 0.227 e. The second-order valence-corrected chi connectivity index (χ2v) is 5.26. The average molecular weight is 288 g/mol. The Balaban J connectivity index is 1.89. The Labute approximate surface area is 128 Å². The van der Waals surface area contributed by atoms with Crippen LogP contribution >= 0.6 is 0 Å². The number of hydrogen-bond donors (Lipinski definition) is 1. The molecule has 0 aliphatic carbocycles. The highest BCUT2D eigenvalue weighted by atomic mass is 16.3. The van der Waals surface area contributed by atoms with Crippen molar-refractivity contribution in [3.8, 4) is 11.5 Å². The van der Waals surface area contributed by atoms with Crippen LogP contribution < -0.4 is 5.32 Å². The summed E-state index contributed by atoms with van der Waals surface area (Å²) in [5, 5.41) is 5.64. The third-order valence-electron chi connectivity index (χ3n) is 3.79. The normalized spacial score (nSPS) is 11.1. The van der Waals surface area contributed by atoms with Gasteiger partial charge in [-0.15, -0.1) is 0 Å². The second-order valence-electron chi connectivity index (χ2n) is 5.26. The van der Waals surface area contributed by atoms with E-state index in [1.807, 2.05) is 36.4 Å². The van der Waals surface area contributed by atoms with Crippen molar-refractivity contribution in [2.45, 2.75) is 6.92 Å². The maximum Gasteiger partial charge on any atom is 0.227 e. The van der Waals surface area contributed by atoms with Crippen LogP contribution in [0.1, 0.15) is 6.92 Å². The molecule has 3 nitrogen and oxygen atoms in total. The lowest BCUT2D eigenvalue weighted by Gasteiger charge is -2.01. The summed E-state index contributed by atoms with van der Waals surface area (Å²) in [5.41, 5.74) is 3.78. The molecule has 0 atom stereocenters. The van der Waals surface area contributed by atoms with Crippen LogP contribution in [0.3, 0.4) is 0 Å². The van der Waals surface area contributed by atoms with Gasteiger partial charge >= 0.3 is 0 Å². The summed E-state index contributed by atoms with van der Waals surface area (Å²) in [6.07, 6.45) is 0. The van der Waals surface area contributed by atoms with Gasteiger partial charge < -0.3 is 9.73 Å². The zero-order valence-electron chi connectivity index (χ0n) is 12.3. The molecular weight excluding hydrogens is 272 g/mol. The van der Waals surface area contributed by atoms with Gasteiger partial charge in [0.05, 0.1) is 0 Å². The molecule has 3 aromatic carbocycles. The van der Waals surface area contributed by atoms with Crippen molar-refractivity contribution in [3.05, 3.63) is 60.7 Å². The summed E-state index contributed by atoms with van der Waals surface area (Å²) in [4.78, 5) is 4.67. The fourth-order valence-corrected chi connectivity index (χ4v) is 2.77. The highest BCUT2D eigenvalue weighted by molar-refractivity contribution is 5.95. The number of oxazole rings is 1. The topological polar surface area (TPSA) is 38.1 Å². The van der Waals surface area contributed by atoms with Gasteiger partial charge in [-0.1, -0.05) is 36.4 Å². The largest absolute Gasteiger partial charge is 0.436 e. The minimum atomic E-state index is 0.667. The van der Waals surface area contributed by atoms with Crippen molar-refractivity contribution in [1.29, 1.82) is 0 Å². The number of anilines is 1. The summed E-state index contributed by atoms with van der Waals surface area (Å²) in [6, 6.07) is 20.5. The molecule has 0 saturated carbocycles. The van der Waals surface area contributed by atoms with Gasteiger partial charge in [-0.05, 0) is 42.0 Å². The summed E-state index contributed by atoms with van der Waals surface area (Å²) in [7, 11) is 0. The summed E-state index contributed by atoms with van der Waals surface area (Å²) < 4.78 is 5.96. The lowest BCUT2D eigenvalue weighted by molar-refractivity contribution is 0.620. The lowest BCUT2D eigenvalue weighted by atomic mass is 10.0. The molecule has 0 aliphatic rings. The van der Waals surface area contributed by atoms with Gasteiger partial charge in [0.25, 0.3) is 0 Å². The van der Waals surface area contributed by atoms with Gasteiger partial charge in [0.15, 0.2) is 5.58 Å². The van der Waals surface area contributed by atoms with E-state index in [0.29, 0.717) is 5.89 Å². The minimum absolute atomic E-state index is 0.667. The molecule has 3 heteroatoms. The average Bonchev–Trinajstić information content (AvgIpc) is 2.97. The van der Waals surface area contributed by atoms with E-state index in [1.165, 1.54) is 5.39 Å². The van der Waals surface area contributed by atoms with Gasteiger partial charge in [-0.2, -0.15) is 0 Å². The zero-order chi connectivity index (χ0) is 14.9. The fourth-order valence-electron chi connectivity index (χ4n) is 2.77. The van der Waals surface area contributed by atoms with Crippen LogP contribution in [-0.4, -0.2) is 11.5 Å². The van der Waals surface area contributed by atoms with E-state index in [2.05, 4.69) is 41.5 Å². The van der Waals surface area contributed by atoms with Crippen LogP contribution in [0.15, 0.2) is 65.1 Å². The van der Waals surface area contributed by atoms with Crippen molar-refractivity contribution in [2.75, 3.05) is 11.9 Å². The Kier molecular flexibility index (Phi) is 3.04. The number of hydrogen-bond acceptors (Lipinski definition) is 3. The van der Waals surface area contributed by atoms with Gasteiger partial charge in [0.1, 0.15) is 5.52 Å². The number of rotatable bonds is 3. The fraction of sp³-hybridized carbons (Fsp3) is 0.105. The van der Waals surface area contributed by atoms with Crippen LogP contribution in [0.2, 0.25) is 0 Å². The van der Waals surface area contributed by atoms with Gasteiger partial charge in [-0.3, -0.25) is 0 Å². The first-order chi connectivity index (χ1) is 10.8. The van der Waals surface area contributed by atoms with Crippen molar-refractivity contribution >= 4 is 27.6 Å². The molecule has 0 amide bonds. The van der Waals surface area contributed by atoms with Crippen molar-refractivity contribution in [2.24, 2.45) is 0 Å². The monoisotopic (exact) mass is 288 g/mol. The predicted molar refractivity (Wildman–Crippen MR) is 91.1 cm³/mol. The molecule has 4 rings (SSSR count). The molecule has 22 heavy (non-hydrogen) atoms. The molecule has 1 N–H and O–H groups in total. The standard InChI is InChI=1S/C19H16N2O/c1-2-20-14-10-11-18-17(12-14)21-19(22-18)16-9-5-7-13-6-3-4-8-15(13)16/h3-12,20H,2H2,1H3. The number of aromatic nitrogens is 1. The van der Waals surface area contributed by atoms with Crippen LogP contribution in [0, 0.1) is 0 Å². The lowest BCUT2D eigenvalue weighted by Crippen LogP contribution is -1.95. The molecule has 0 spiro atoms. The molecule has 0 saturated heterocycles. The zero-order valence-corrected chi connectivity index (χ0v) is 12.3. The van der Waals surface area contributed by atoms with E-state index < -0.39 is 0 Å². The molecule has 1 aromatic heterocycles. The highest BCUT2D eigenvalue weighted by Crippen LogP contribution is 2.31. The number of nitrogens with one attached hydrogen (secondary N) is 1. The Morgan fingerprint density at radius 3 is 2.77 bits per heavy atom. The third-order valence-corrected chi connectivity index (χ3v) is 3.79. The SMILES string of the molecule is CCNc1ccc2oc(-c3cccc4ccccc34)nc2c1. The Morgan fingerprint density at radius 1 is 1.00 bits per heavy atom. The molecule has 0 fully saturated rings. The number of fused-ring (bicyclic) bond motifs is 2. The second kappa shape index (κ2) is 5.19. The maximum atomic E-state index is 5.96. The summed E-state index contributed by atoms with van der Waals surface area (Å²) in [6.45, 7) is 2.97. The Bertz CT molecular complexity index is 951. The van der Waals surface area contributed by atoms with Crippen molar-refractivity contribution in [1.82, 2.24) is 4.98 Å². The van der Waals surface area contributed by atoms with E-state index in [1.54, 1.807) is 0 Å². The van der Waals surface area contributed by atoms with E-state index in [4.69, 9.17) is 4.42 Å². The molecule has 0 radical (unpaired) electrons. The molecule has 0 unspecified atom stereocenters. The van der Waals surface area contributed by atoms with Crippen LogP contribution in [0.4, 0.5) is 5.69 Å². The van der Waals surface area contributed by atoms with E-state index in [9.17, 15) is 0 Å². The van der Waals surface area contributed by atoms with Crippen LogP contribution in [0.25, 0.3) is 33.3 Å². The van der Waals surface area contributed by atoms with Gasteiger partial charge in [-0.25, -0.2) is 4.98 Å². The van der Waals surface area contributed by atoms with Gasteiger partial charge in [0.2, 0.25) is 5.89 Å². The maximum absolute atomic E-state index is 5.96. The van der Waals surface area contributed by atoms with Crippen LogP contribution in [-0.2, 0) is 0 Å². The first-order valence-electron chi connectivity index (χ1n) is 7.48. The Morgan fingerprint density at radius 2 is 1.86 bits per heavy atom. The molecule has 4 aromatic rings. The first kappa shape index (κ1) is 12.9. The van der Waals surface area contributed by atoms with E-state index in [-0.39, 0.29) is 0 Å². The quantitative estimate of drug-likeness (QED) is 0.571. The third kappa shape index (κ3) is 2.11. The Hall–Kier alpha value is -2.81. The molecule has 0 aliphatic heterocycles. The van der Waals surface area contributed by atoms with Crippen molar-refractivity contribution in [3.63, 3.8) is 0 Å². The van der Waals surface area contributed by atoms with E-state index in [0.717, 1.165) is 34.3 Å². The number of nitrogens with zero attached hydrogens (tertiary/aromatic N) is 1. The molecule has 108 valence electrons. The van der Waals surface area contributed by atoms with E-state index >= 15 is 0 Å². The summed E-state index contributed by atoms with van der Waals surface area (Å²) in [5.74, 6) is 0.667.